The fourth-order valence-electron chi connectivity index (χ4n) is 1.63. The molecule has 0 unspecified atom stereocenters. The molecule has 0 fully saturated rings. The van der Waals surface area contributed by atoms with Crippen LogP contribution in [0, 0.1) is 0 Å². The van der Waals surface area contributed by atoms with Crippen molar-refractivity contribution in [1.82, 2.24) is 9.97 Å². The lowest BCUT2D eigenvalue weighted by molar-refractivity contribution is 0.303. The third-order valence-electron chi connectivity index (χ3n) is 2.51. The van der Waals surface area contributed by atoms with E-state index in [-0.39, 0.29) is 6.61 Å². The molecule has 2 N–H and O–H groups in total. The Morgan fingerprint density at radius 2 is 2.06 bits per heavy atom. The predicted octanol–water partition coefficient (Wildman–Crippen LogP) is 2.40. The highest BCUT2D eigenvalue weighted by molar-refractivity contribution is 5.49. The average Bonchev–Trinajstić information content (AvgIpc) is 2.85. The van der Waals surface area contributed by atoms with Gasteiger partial charge >= 0.3 is 0 Å². The van der Waals surface area contributed by atoms with Crippen LogP contribution in [0.3, 0.4) is 0 Å². The first-order chi connectivity index (χ1) is 8.38. The van der Waals surface area contributed by atoms with Gasteiger partial charge in [-0.05, 0) is 17.5 Å². The molecule has 0 aliphatic heterocycles. The van der Waals surface area contributed by atoms with Crippen LogP contribution in [0.1, 0.15) is 23.4 Å². The molecule has 1 aromatic carbocycles. The van der Waals surface area contributed by atoms with E-state index in [0.717, 1.165) is 17.8 Å². The van der Waals surface area contributed by atoms with Crippen LogP contribution in [0.4, 0.5) is 0 Å². The first kappa shape index (κ1) is 11.6. The average molecular weight is 228 g/mol. The van der Waals surface area contributed by atoms with Crippen LogP contribution in [-0.4, -0.2) is 21.7 Å². The molecule has 88 valence electrons. The highest BCUT2D eigenvalue weighted by atomic mass is 16.2. The Balaban J connectivity index is 1.98. The van der Waals surface area contributed by atoms with Crippen molar-refractivity contribution in [2.45, 2.75) is 12.8 Å². The minimum Gasteiger partial charge on any atom is -0.396 e. The summed E-state index contributed by atoms with van der Waals surface area (Å²) >= 11 is 0. The van der Waals surface area contributed by atoms with Crippen molar-refractivity contribution in [2.75, 3.05) is 6.61 Å². The van der Waals surface area contributed by atoms with Crippen molar-refractivity contribution < 1.29 is 5.11 Å². The van der Waals surface area contributed by atoms with E-state index in [4.69, 9.17) is 5.11 Å². The summed E-state index contributed by atoms with van der Waals surface area (Å²) in [7, 11) is 0. The van der Waals surface area contributed by atoms with Gasteiger partial charge in [-0.25, -0.2) is 4.98 Å². The minimum atomic E-state index is 0.201. The minimum absolute atomic E-state index is 0.201. The fraction of sp³-hybridized carbons (Fsp3) is 0.214. The lowest BCUT2D eigenvalue weighted by atomic mass is 10.1. The van der Waals surface area contributed by atoms with E-state index in [2.05, 4.69) is 34.2 Å². The van der Waals surface area contributed by atoms with Gasteiger partial charge in [0.1, 0.15) is 5.82 Å². The molecule has 17 heavy (non-hydrogen) atoms. The largest absolute Gasteiger partial charge is 0.396 e. The predicted molar refractivity (Wildman–Crippen MR) is 68.6 cm³/mol. The molecule has 0 amide bonds. The van der Waals surface area contributed by atoms with Gasteiger partial charge < -0.3 is 10.1 Å². The number of aromatic amines is 1. The summed E-state index contributed by atoms with van der Waals surface area (Å²) in [5.41, 5.74) is 2.39. The molecular weight excluding hydrogens is 212 g/mol. The number of hydrogen-bond acceptors (Lipinski definition) is 2. The summed E-state index contributed by atoms with van der Waals surface area (Å²) in [4.78, 5) is 7.29. The van der Waals surface area contributed by atoms with Crippen molar-refractivity contribution in [1.29, 1.82) is 0 Å². The first-order valence-corrected chi connectivity index (χ1v) is 5.73. The molecule has 2 rings (SSSR count). The maximum atomic E-state index is 8.67. The SMILES string of the molecule is OCCC=Cc1ccc(Cc2ncc[nH]2)cc1. The third-order valence-corrected chi connectivity index (χ3v) is 2.51. The highest BCUT2D eigenvalue weighted by Gasteiger charge is 1.97. The van der Waals surface area contributed by atoms with Gasteiger partial charge in [0.25, 0.3) is 0 Å². The van der Waals surface area contributed by atoms with Crippen molar-refractivity contribution in [3.8, 4) is 0 Å². The van der Waals surface area contributed by atoms with E-state index >= 15 is 0 Å². The molecule has 0 radical (unpaired) electrons. The summed E-state index contributed by atoms with van der Waals surface area (Å²) in [6.07, 6.45) is 9.12. The maximum Gasteiger partial charge on any atom is 0.110 e. The lowest BCUT2D eigenvalue weighted by Gasteiger charge is -1.99. The second kappa shape index (κ2) is 6.01. The molecule has 3 nitrogen and oxygen atoms in total. The molecule has 3 heteroatoms. The summed E-state index contributed by atoms with van der Waals surface area (Å²) in [5.74, 6) is 0.980. The number of nitrogens with one attached hydrogen (secondary N) is 1. The van der Waals surface area contributed by atoms with E-state index in [1.807, 2.05) is 18.3 Å². The van der Waals surface area contributed by atoms with Crippen molar-refractivity contribution in [3.05, 3.63) is 59.7 Å². The smallest absolute Gasteiger partial charge is 0.110 e. The highest BCUT2D eigenvalue weighted by Crippen LogP contribution is 2.09. The Morgan fingerprint density at radius 1 is 1.24 bits per heavy atom. The fourth-order valence-corrected chi connectivity index (χ4v) is 1.63. The van der Waals surface area contributed by atoms with Crippen molar-refractivity contribution >= 4 is 6.08 Å². The number of rotatable bonds is 5. The number of benzene rings is 1. The zero-order chi connectivity index (χ0) is 11.9. The summed E-state index contributed by atoms with van der Waals surface area (Å²) in [6, 6.07) is 8.35. The Kier molecular flexibility index (Phi) is 4.11. The molecule has 0 saturated heterocycles. The quantitative estimate of drug-likeness (QED) is 0.825. The second-order valence-corrected chi connectivity index (χ2v) is 3.87. The van der Waals surface area contributed by atoms with E-state index in [1.54, 1.807) is 6.20 Å². The number of hydrogen-bond donors (Lipinski definition) is 2. The molecule has 0 atom stereocenters. The van der Waals surface area contributed by atoms with Crippen LogP contribution in [0.25, 0.3) is 6.08 Å². The van der Waals surface area contributed by atoms with Crippen molar-refractivity contribution in [3.63, 3.8) is 0 Å². The summed E-state index contributed by atoms with van der Waals surface area (Å²) < 4.78 is 0. The molecule has 0 saturated carbocycles. The lowest BCUT2D eigenvalue weighted by Crippen LogP contribution is -1.90. The summed E-state index contributed by atoms with van der Waals surface area (Å²) in [6.45, 7) is 0.201. The number of aromatic nitrogens is 2. The molecule has 1 aromatic heterocycles. The number of aliphatic hydroxyl groups excluding tert-OH is 1. The standard InChI is InChI=1S/C14H16N2O/c17-10-2-1-3-12-4-6-13(7-5-12)11-14-15-8-9-16-14/h1,3-9,17H,2,10-11H2,(H,15,16). The molecule has 0 bridgehead atoms. The number of H-pyrrole nitrogens is 1. The topological polar surface area (TPSA) is 48.9 Å². The zero-order valence-corrected chi connectivity index (χ0v) is 9.63. The van der Waals surface area contributed by atoms with Crippen LogP contribution < -0.4 is 0 Å². The maximum absolute atomic E-state index is 8.67. The zero-order valence-electron chi connectivity index (χ0n) is 9.63. The van der Waals surface area contributed by atoms with Crippen LogP contribution >= 0.6 is 0 Å². The Labute approximate surface area is 101 Å². The van der Waals surface area contributed by atoms with Crippen LogP contribution in [0.5, 0.6) is 0 Å². The van der Waals surface area contributed by atoms with Crippen LogP contribution in [0.2, 0.25) is 0 Å². The Bertz CT molecular complexity index is 457. The number of imidazole rings is 1. The van der Waals surface area contributed by atoms with E-state index in [0.29, 0.717) is 6.42 Å². The molecular formula is C14H16N2O. The molecule has 0 aliphatic carbocycles. The second-order valence-electron chi connectivity index (χ2n) is 3.87. The van der Waals surface area contributed by atoms with E-state index in [1.165, 1.54) is 5.56 Å². The monoisotopic (exact) mass is 228 g/mol. The Morgan fingerprint density at radius 3 is 2.71 bits per heavy atom. The summed E-state index contributed by atoms with van der Waals surface area (Å²) in [5, 5.41) is 8.67. The Hall–Kier alpha value is -1.87. The van der Waals surface area contributed by atoms with Crippen LogP contribution in [0.15, 0.2) is 42.7 Å². The third kappa shape index (κ3) is 3.57. The molecule has 2 aromatic rings. The van der Waals surface area contributed by atoms with Crippen LogP contribution in [-0.2, 0) is 6.42 Å². The van der Waals surface area contributed by atoms with Gasteiger partial charge in [0.05, 0.1) is 0 Å². The van der Waals surface area contributed by atoms with Gasteiger partial charge in [0.2, 0.25) is 0 Å². The normalized spacial score (nSPS) is 11.1. The molecule has 0 aliphatic rings. The molecule has 0 spiro atoms. The van der Waals surface area contributed by atoms with E-state index in [9.17, 15) is 0 Å². The van der Waals surface area contributed by atoms with Gasteiger partial charge in [0, 0.05) is 25.4 Å². The first-order valence-electron chi connectivity index (χ1n) is 5.73. The molecule has 1 heterocycles. The van der Waals surface area contributed by atoms with Gasteiger partial charge in [-0.1, -0.05) is 36.4 Å². The van der Waals surface area contributed by atoms with Gasteiger partial charge in [0.15, 0.2) is 0 Å². The van der Waals surface area contributed by atoms with E-state index < -0.39 is 0 Å². The number of aliphatic hydroxyl groups is 1. The van der Waals surface area contributed by atoms with Gasteiger partial charge in [-0.15, -0.1) is 0 Å². The number of nitrogens with zero attached hydrogens (tertiary/aromatic N) is 1. The van der Waals surface area contributed by atoms with Gasteiger partial charge in [-0.2, -0.15) is 0 Å². The van der Waals surface area contributed by atoms with Gasteiger partial charge in [-0.3, -0.25) is 0 Å². The van der Waals surface area contributed by atoms with Crippen molar-refractivity contribution in [2.24, 2.45) is 0 Å².